The molecule has 0 saturated heterocycles. The Kier molecular flexibility index (Phi) is 7.90. The van der Waals surface area contributed by atoms with Crippen molar-refractivity contribution >= 4 is 45.5 Å². The van der Waals surface area contributed by atoms with E-state index in [2.05, 4.69) is 36.3 Å². The number of anilines is 3. The van der Waals surface area contributed by atoms with Crippen LogP contribution in [0.15, 0.2) is 24.3 Å². The number of carbonyl (C=O) groups excluding carboxylic acids is 3. The van der Waals surface area contributed by atoms with Gasteiger partial charge < -0.3 is 20.3 Å². The van der Waals surface area contributed by atoms with E-state index in [1.165, 1.54) is 18.3 Å². The largest absolute Gasteiger partial charge is 0.452 e. The van der Waals surface area contributed by atoms with Crippen LogP contribution >= 0.6 is 11.3 Å². The van der Waals surface area contributed by atoms with Crippen molar-refractivity contribution in [2.75, 3.05) is 28.7 Å². The molecule has 0 fully saturated rings. The third kappa shape index (κ3) is 5.68. The van der Waals surface area contributed by atoms with Gasteiger partial charge in [-0.25, -0.2) is 4.79 Å². The molecular formula is C24H31N3O4S. The summed E-state index contributed by atoms with van der Waals surface area (Å²) in [6, 6.07) is 7.98. The fraction of sp³-hybridized carbons (Fsp3) is 0.458. The number of ether oxygens (including phenoxy) is 1. The van der Waals surface area contributed by atoms with Crippen LogP contribution < -0.4 is 15.5 Å². The van der Waals surface area contributed by atoms with Crippen molar-refractivity contribution in [1.82, 2.24) is 0 Å². The molecule has 2 aromatic rings. The molecule has 3 rings (SSSR count). The van der Waals surface area contributed by atoms with Crippen LogP contribution in [0.2, 0.25) is 0 Å². The Balaban J connectivity index is 1.62. The minimum atomic E-state index is -0.575. The van der Waals surface area contributed by atoms with E-state index in [9.17, 15) is 14.4 Å². The molecule has 0 spiro atoms. The Morgan fingerprint density at radius 1 is 1.09 bits per heavy atom. The van der Waals surface area contributed by atoms with Gasteiger partial charge in [-0.15, -0.1) is 11.3 Å². The van der Waals surface area contributed by atoms with Crippen molar-refractivity contribution in [3.63, 3.8) is 0 Å². The van der Waals surface area contributed by atoms with Gasteiger partial charge in [-0.3, -0.25) is 9.59 Å². The smallest absolute Gasteiger partial charge is 0.341 e. The van der Waals surface area contributed by atoms with Crippen LogP contribution in [-0.4, -0.2) is 37.0 Å². The van der Waals surface area contributed by atoms with Crippen molar-refractivity contribution in [3.8, 4) is 0 Å². The lowest BCUT2D eigenvalue weighted by Gasteiger charge is -2.27. The lowest BCUT2D eigenvalue weighted by atomic mass is 9.95. The first kappa shape index (κ1) is 23.8. The second-order valence-corrected chi connectivity index (χ2v) is 9.25. The fourth-order valence-electron chi connectivity index (χ4n) is 4.01. The number of hydrogen-bond donors (Lipinski definition) is 2. The van der Waals surface area contributed by atoms with Gasteiger partial charge in [0.25, 0.3) is 5.91 Å². The third-order valence-electron chi connectivity index (χ3n) is 5.45. The molecule has 0 unspecified atom stereocenters. The highest BCUT2D eigenvalue weighted by atomic mass is 32.1. The number of amides is 2. The summed E-state index contributed by atoms with van der Waals surface area (Å²) in [5.74, 6) is -1.22. The number of carbonyl (C=O) groups is 3. The number of fused-ring (bicyclic) bond motifs is 1. The van der Waals surface area contributed by atoms with Crippen LogP contribution in [-0.2, 0) is 27.2 Å². The van der Waals surface area contributed by atoms with E-state index in [-0.39, 0.29) is 5.91 Å². The summed E-state index contributed by atoms with van der Waals surface area (Å²) in [6.45, 7) is 8.29. The van der Waals surface area contributed by atoms with Crippen LogP contribution in [0, 0.1) is 0 Å². The molecular weight excluding hydrogens is 426 g/mol. The molecule has 1 aromatic carbocycles. The zero-order chi connectivity index (χ0) is 23.3. The van der Waals surface area contributed by atoms with Gasteiger partial charge in [-0.2, -0.15) is 0 Å². The van der Waals surface area contributed by atoms with Crippen molar-refractivity contribution in [1.29, 1.82) is 0 Å². The molecule has 7 nitrogen and oxygen atoms in total. The summed E-state index contributed by atoms with van der Waals surface area (Å²) >= 11 is 1.43. The topological polar surface area (TPSA) is 87.7 Å². The van der Waals surface area contributed by atoms with E-state index >= 15 is 0 Å². The quantitative estimate of drug-likeness (QED) is 0.565. The van der Waals surface area contributed by atoms with E-state index in [1.807, 2.05) is 24.3 Å². The van der Waals surface area contributed by atoms with E-state index in [4.69, 9.17) is 4.74 Å². The highest BCUT2D eigenvalue weighted by Crippen LogP contribution is 2.38. The summed E-state index contributed by atoms with van der Waals surface area (Å²) in [6.07, 6.45) is 3.73. The van der Waals surface area contributed by atoms with Crippen molar-refractivity contribution in [2.24, 2.45) is 0 Å². The molecule has 0 aliphatic heterocycles. The molecule has 8 heteroatoms. The second-order valence-electron chi connectivity index (χ2n) is 8.15. The van der Waals surface area contributed by atoms with Gasteiger partial charge in [0.05, 0.1) is 5.56 Å². The van der Waals surface area contributed by atoms with Crippen molar-refractivity contribution < 1.29 is 19.1 Å². The van der Waals surface area contributed by atoms with E-state index in [0.717, 1.165) is 48.4 Å². The van der Waals surface area contributed by atoms with Crippen LogP contribution in [0.1, 0.15) is 61.3 Å². The van der Waals surface area contributed by atoms with E-state index in [0.29, 0.717) is 22.3 Å². The first-order chi connectivity index (χ1) is 15.3. The maximum atomic E-state index is 12.8. The summed E-state index contributed by atoms with van der Waals surface area (Å²) in [4.78, 5) is 40.1. The van der Waals surface area contributed by atoms with Gasteiger partial charge >= 0.3 is 5.97 Å². The van der Waals surface area contributed by atoms with Gasteiger partial charge in [0.1, 0.15) is 5.00 Å². The maximum Gasteiger partial charge on any atom is 0.341 e. The Morgan fingerprint density at radius 3 is 2.41 bits per heavy atom. The normalized spacial score (nSPS) is 12.8. The highest BCUT2D eigenvalue weighted by molar-refractivity contribution is 7.17. The number of thiophene rings is 1. The Morgan fingerprint density at radius 2 is 1.78 bits per heavy atom. The number of aryl methyl sites for hydroxylation is 1. The molecule has 0 radical (unpaired) electrons. The molecule has 1 aromatic heterocycles. The average Bonchev–Trinajstić information content (AvgIpc) is 3.10. The molecule has 1 aliphatic carbocycles. The standard InChI is InChI=1S/C24H31N3O4S/c1-5-27(15(2)3)18-12-10-17(11-13-18)26-21(29)14-31-24(30)22-19-8-6-7-9-20(19)32-23(22)25-16(4)28/h10-13,15H,5-9,14H2,1-4H3,(H,25,28)(H,26,29). The van der Waals surface area contributed by atoms with E-state index < -0.39 is 18.5 Å². The molecule has 32 heavy (non-hydrogen) atoms. The van der Waals surface area contributed by atoms with Gasteiger partial charge in [0.2, 0.25) is 5.91 Å². The van der Waals surface area contributed by atoms with Crippen molar-refractivity contribution in [2.45, 2.75) is 59.4 Å². The highest BCUT2D eigenvalue weighted by Gasteiger charge is 2.27. The molecule has 172 valence electrons. The number of rotatable bonds is 8. The second kappa shape index (κ2) is 10.6. The zero-order valence-electron chi connectivity index (χ0n) is 19.1. The van der Waals surface area contributed by atoms with Gasteiger partial charge in [0, 0.05) is 35.8 Å². The van der Waals surface area contributed by atoms with Crippen LogP contribution in [0.3, 0.4) is 0 Å². The zero-order valence-corrected chi connectivity index (χ0v) is 19.9. The minimum absolute atomic E-state index is 0.238. The van der Waals surface area contributed by atoms with Gasteiger partial charge in [-0.1, -0.05) is 0 Å². The number of hydrogen-bond acceptors (Lipinski definition) is 6. The SMILES string of the molecule is CCN(c1ccc(NC(=O)COC(=O)c2c(NC(C)=O)sc3c2CCCC3)cc1)C(C)C. The lowest BCUT2D eigenvalue weighted by Crippen LogP contribution is -2.30. The monoisotopic (exact) mass is 457 g/mol. The predicted octanol–water partition coefficient (Wildman–Crippen LogP) is 4.62. The molecule has 1 heterocycles. The van der Waals surface area contributed by atoms with Crippen LogP contribution in [0.5, 0.6) is 0 Å². The Hall–Kier alpha value is -2.87. The summed E-state index contributed by atoms with van der Waals surface area (Å²) in [7, 11) is 0. The predicted molar refractivity (Wildman–Crippen MR) is 129 cm³/mol. The third-order valence-corrected chi connectivity index (χ3v) is 6.65. The number of nitrogens with one attached hydrogen (secondary N) is 2. The van der Waals surface area contributed by atoms with Crippen molar-refractivity contribution in [3.05, 3.63) is 40.3 Å². The molecule has 0 saturated carbocycles. The molecule has 0 atom stereocenters. The van der Waals surface area contributed by atoms with Crippen LogP contribution in [0.25, 0.3) is 0 Å². The van der Waals surface area contributed by atoms with Gasteiger partial charge in [0.15, 0.2) is 6.61 Å². The summed E-state index contributed by atoms with van der Waals surface area (Å²) in [5, 5.41) is 6.01. The molecule has 2 amide bonds. The number of benzene rings is 1. The van der Waals surface area contributed by atoms with Gasteiger partial charge in [-0.05, 0) is 76.3 Å². The summed E-state index contributed by atoms with van der Waals surface area (Å²) < 4.78 is 5.32. The lowest BCUT2D eigenvalue weighted by molar-refractivity contribution is -0.119. The van der Waals surface area contributed by atoms with E-state index in [1.54, 1.807) is 0 Å². The molecule has 1 aliphatic rings. The fourth-order valence-corrected chi connectivity index (χ4v) is 5.34. The summed E-state index contributed by atoms with van der Waals surface area (Å²) in [5.41, 5.74) is 3.06. The first-order valence-corrected chi connectivity index (χ1v) is 11.9. The average molecular weight is 458 g/mol. The minimum Gasteiger partial charge on any atom is -0.452 e. The number of esters is 1. The first-order valence-electron chi connectivity index (χ1n) is 11.1. The Bertz CT molecular complexity index is 982. The Labute approximate surface area is 193 Å². The maximum absolute atomic E-state index is 12.8. The molecule has 0 bridgehead atoms. The number of nitrogens with zero attached hydrogens (tertiary/aromatic N) is 1. The molecule has 2 N–H and O–H groups in total. The van der Waals surface area contributed by atoms with Crippen LogP contribution in [0.4, 0.5) is 16.4 Å².